The molecule has 2 rings (SSSR count). The van der Waals surface area contributed by atoms with Crippen molar-refractivity contribution < 1.29 is 4.43 Å². The highest BCUT2D eigenvalue weighted by atomic mass is 28.4. The minimum absolute atomic E-state index is 0.206. The quantitative estimate of drug-likeness (QED) is 0.787. The molecular weight excluding hydrogens is 276 g/mol. The Hall–Kier alpha value is -1.81. The Bertz CT molecular complexity index is 574. The maximum Gasteiger partial charge on any atom is 0.250 e. The molecule has 1 heterocycles. The highest BCUT2D eigenvalue weighted by molar-refractivity contribution is 6.74. The van der Waals surface area contributed by atoms with Gasteiger partial charge in [0.05, 0.1) is 0 Å². The van der Waals surface area contributed by atoms with Gasteiger partial charge in [0, 0.05) is 11.9 Å². The molecule has 4 heteroatoms. The molecule has 0 saturated carbocycles. The third-order valence-corrected chi connectivity index (χ3v) is 8.33. The van der Waals surface area contributed by atoms with Crippen LogP contribution in [0.15, 0.2) is 48.7 Å². The van der Waals surface area contributed by atoms with E-state index in [2.05, 4.69) is 44.2 Å². The standard InChI is InChI=1S/C17H24N2OSi/c1-17(2,3)21(4,5)20-15-11-9-14(10-12-15)19-16-8-6-7-13-18-16/h6-13H,1-5H3,(H,18,19). The summed E-state index contributed by atoms with van der Waals surface area (Å²) < 4.78 is 6.27. The molecule has 2 aromatic rings. The summed E-state index contributed by atoms with van der Waals surface area (Å²) in [6.07, 6.45) is 1.78. The third-order valence-electron chi connectivity index (χ3n) is 3.97. The van der Waals surface area contributed by atoms with Crippen LogP contribution in [0.1, 0.15) is 20.8 Å². The van der Waals surface area contributed by atoms with E-state index in [0.29, 0.717) is 0 Å². The summed E-state index contributed by atoms with van der Waals surface area (Å²) >= 11 is 0. The van der Waals surface area contributed by atoms with Crippen molar-refractivity contribution in [1.29, 1.82) is 0 Å². The predicted octanol–water partition coefficient (Wildman–Crippen LogP) is 5.21. The molecular formula is C17H24N2OSi. The first-order chi connectivity index (χ1) is 9.78. The molecule has 112 valence electrons. The molecule has 0 fully saturated rings. The van der Waals surface area contributed by atoms with Crippen molar-refractivity contribution in [2.75, 3.05) is 5.32 Å². The van der Waals surface area contributed by atoms with Crippen LogP contribution in [-0.4, -0.2) is 13.3 Å². The van der Waals surface area contributed by atoms with Crippen LogP contribution in [0.2, 0.25) is 18.1 Å². The van der Waals surface area contributed by atoms with Gasteiger partial charge in [0.15, 0.2) is 0 Å². The molecule has 0 aliphatic heterocycles. The molecule has 0 amide bonds. The van der Waals surface area contributed by atoms with Gasteiger partial charge in [-0.1, -0.05) is 26.8 Å². The SMILES string of the molecule is CC(C)(C)[Si](C)(C)Oc1ccc(Nc2ccccn2)cc1. The van der Waals surface area contributed by atoms with Crippen LogP contribution >= 0.6 is 0 Å². The molecule has 0 aliphatic carbocycles. The number of hydrogen-bond donors (Lipinski definition) is 1. The van der Waals surface area contributed by atoms with E-state index >= 15 is 0 Å². The van der Waals surface area contributed by atoms with Gasteiger partial charge in [-0.3, -0.25) is 0 Å². The fourth-order valence-corrected chi connectivity index (χ4v) is 2.67. The molecule has 3 nitrogen and oxygen atoms in total. The molecule has 0 aliphatic rings. The van der Waals surface area contributed by atoms with Crippen LogP contribution in [0, 0.1) is 0 Å². The molecule has 21 heavy (non-hydrogen) atoms. The Labute approximate surface area is 128 Å². The number of anilines is 2. The lowest BCUT2D eigenvalue weighted by molar-refractivity contribution is 0.492. The maximum absolute atomic E-state index is 6.27. The smallest absolute Gasteiger partial charge is 0.250 e. The molecule has 0 saturated heterocycles. The van der Waals surface area contributed by atoms with E-state index in [1.54, 1.807) is 6.20 Å². The second-order valence-corrected chi connectivity index (χ2v) is 11.5. The zero-order valence-corrected chi connectivity index (χ0v) is 14.5. The first-order valence-corrected chi connectivity index (χ1v) is 10.2. The number of benzene rings is 1. The Balaban J connectivity index is 2.06. The fraction of sp³-hybridized carbons (Fsp3) is 0.353. The second-order valence-electron chi connectivity index (χ2n) is 6.73. The summed E-state index contributed by atoms with van der Waals surface area (Å²) in [5, 5.41) is 3.48. The summed E-state index contributed by atoms with van der Waals surface area (Å²) in [5.74, 6) is 1.78. The van der Waals surface area contributed by atoms with Gasteiger partial charge in [-0.25, -0.2) is 4.98 Å². The van der Waals surface area contributed by atoms with Crippen molar-refractivity contribution in [3.63, 3.8) is 0 Å². The van der Waals surface area contributed by atoms with E-state index in [4.69, 9.17) is 4.43 Å². The van der Waals surface area contributed by atoms with Crippen LogP contribution in [0.3, 0.4) is 0 Å². The number of nitrogens with zero attached hydrogens (tertiary/aromatic N) is 1. The van der Waals surface area contributed by atoms with Gasteiger partial charge >= 0.3 is 0 Å². The molecule has 0 unspecified atom stereocenters. The maximum atomic E-state index is 6.27. The van der Waals surface area contributed by atoms with Crippen LogP contribution < -0.4 is 9.74 Å². The Morgan fingerprint density at radius 3 is 2.19 bits per heavy atom. The predicted molar refractivity (Wildman–Crippen MR) is 91.8 cm³/mol. The minimum atomic E-state index is -1.77. The molecule has 1 N–H and O–H groups in total. The van der Waals surface area contributed by atoms with Gasteiger partial charge < -0.3 is 9.74 Å². The van der Waals surface area contributed by atoms with Gasteiger partial charge in [0.25, 0.3) is 0 Å². The van der Waals surface area contributed by atoms with E-state index in [1.165, 1.54) is 0 Å². The van der Waals surface area contributed by atoms with Crippen LogP contribution in [0.25, 0.3) is 0 Å². The lowest BCUT2D eigenvalue weighted by Crippen LogP contribution is -2.43. The number of rotatable bonds is 4. The molecule has 0 atom stereocenters. The van der Waals surface area contributed by atoms with E-state index in [-0.39, 0.29) is 5.04 Å². The number of nitrogens with one attached hydrogen (secondary N) is 1. The Morgan fingerprint density at radius 1 is 1.00 bits per heavy atom. The molecule has 1 aromatic carbocycles. The van der Waals surface area contributed by atoms with Crippen molar-refractivity contribution in [3.05, 3.63) is 48.7 Å². The lowest BCUT2D eigenvalue weighted by atomic mass is 10.2. The number of pyridine rings is 1. The molecule has 0 bridgehead atoms. The normalized spacial score (nSPS) is 12.0. The average Bonchev–Trinajstić information content (AvgIpc) is 2.41. The molecule has 0 radical (unpaired) electrons. The Morgan fingerprint density at radius 2 is 1.67 bits per heavy atom. The van der Waals surface area contributed by atoms with Crippen molar-refractivity contribution in [3.8, 4) is 5.75 Å². The van der Waals surface area contributed by atoms with E-state index in [9.17, 15) is 0 Å². The lowest BCUT2D eigenvalue weighted by Gasteiger charge is -2.36. The zero-order chi connectivity index (χ0) is 15.5. The minimum Gasteiger partial charge on any atom is -0.544 e. The highest BCUT2D eigenvalue weighted by Crippen LogP contribution is 2.37. The summed E-state index contributed by atoms with van der Waals surface area (Å²) in [6, 6.07) is 13.9. The summed E-state index contributed by atoms with van der Waals surface area (Å²) in [7, 11) is -1.77. The van der Waals surface area contributed by atoms with Crippen molar-refractivity contribution in [1.82, 2.24) is 4.98 Å². The average molecular weight is 300 g/mol. The van der Waals surface area contributed by atoms with Gasteiger partial charge in [0.1, 0.15) is 11.6 Å². The van der Waals surface area contributed by atoms with E-state index < -0.39 is 8.32 Å². The topological polar surface area (TPSA) is 34.1 Å². The summed E-state index contributed by atoms with van der Waals surface area (Å²) in [4.78, 5) is 4.25. The fourth-order valence-electron chi connectivity index (χ4n) is 1.64. The third kappa shape index (κ3) is 4.08. The van der Waals surface area contributed by atoms with Gasteiger partial charge in [-0.15, -0.1) is 0 Å². The monoisotopic (exact) mass is 300 g/mol. The highest BCUT2D eigenvalue weighted by Gasteiger charge is 2.38. The second kappa shape index (κ2) is 5.90. The summed E-state index contributed by atoms with van der Waals surface area (Å²) in [6.45, 7) is 11.3. The van der Waals surface area contributed by atoms with Crippen LogP contribution in [0.5, 0.6) is 5.75 Å². The van der Waals surface area contributed by atoms with Crippen molar-refractivity contribution >= 4 is 19.8 Å². The van der Waals surface area contributed by atoms with E-state index in [1.807, 2.05) is 42.5 Å². The van der Waals surface area contributed by atoms with Gasteiger partial charge in [0.2, 0.25) is 8.32 Å². The van der Waals surface area contributed by atoms with Crippen LogP contribution in [-0.2, 0) is 0 Å². The van der Waals surface area contributed by atoms with Crippen LogP contribution in [0.4, 0.5) is 11.5 Å². The van der Waals surface area contributed by atoms with Gasteiger partial charge in [-0.05, 0) is 54.5 Å². The molecule has 0 spiro atoms. The summed E-state index contributed by atoms with van der Waals surface area (Å²) in [5.41, 5.74) is 1.01. The number of aromatic nitrogens is 1. The first-order valence-electron chi connectivity index (χ1n) is 7.25. The first kappa shape index (κ1) is 15.6. The number of hydrogen-bond acceptors (Lipinski definition) is 3. The van der Waals surface area contributed by atoms with Gasteiger partial charge in [-0.2, -0.15) is 0 Å². The van der Waals surface area contributed by atoms with Crippen molar-refractivity contribution in [2.45, 2.75) is 38.9 Å². The van der Waals surface area contributed by atoms with E-state index in [0.717, 1.165) is 17.3 Å². The Kier molecular flexibility index (Phi) is 4.37. The van der Waals surface area contributed by atoms with Crippen molar-refractivity contribution in [2.24, 2.45) is 0 Å². The largest absolute Gasteiger partial charge is 0.544 e. The zero-order valence-electron chi connectivity index (χ0n) is 13.5. The molecule has 1 aromatic heterocycles.